The van der Waals surface area contributed by atoms with E-state index in [9.17, 15) is 13.2 Å². The summed E-state index contributed by atoms with van der Waals surface area (Å²) in [5, 5.41) is 0. The van der Waals surface area contributed by atoms with Gasteiger partial charge in [0.1, 0.15) is 6.54 Å². The van der Waals surface area contributed by atoms with Crippen LogP contribution in [0.2, 0.25) is 0 Å². The fourth-order valence-corrected chi connectivity index (χ4v) is 3.03. The molecular weight excluding hydrogens is 330 g/mol. The van der Waals surface area contributed by atoms with Crippen LogP contribution in [-0.2, 0) is 14.8 Å². The number of sulfonamides is 1. The van der Waals surface area contributed by atoms with Crippen LogP contribution in [0.25, 0.3) is 0 Å². The van der Waals surface area contributed by atoms with Crippen molar-refractivity contribution in [2.75, 3.05) is 13.7 Å². The number of para-hydroxylation sites is 2. The van der Waals surface area contributed by atoms with E-state index in [-0.39, 0.29) is 10.6 Å². The summed E-state index contributed by atoms with van der Waals surface area (Å²) in [6.45, 7) is 3.24. The quantitative estimate of drug-likeness (QED) is 0.639. The van der Waals surface area contributed by atoms with Gasteiger partial charge in [-0.25, -0.2) is 8.42 Å². The molecule has 0 atom stereocenters. The van der Waals surface area contributed by atoms with E-state index in [1.165, 1.54) is 13.2 Å². The van der Waals surface area contributed by atoms with E-state index in [2.05, 4.69) is 4.72 Å². The number of nitrogens with one attached hydrogen (secondary N) is 1. The number of esters is 1. The molecule has 0 radical (unpaired) electrons. The molecule has 0 saturated heterocycles. The Morgan fingerprint density at radius 1 is 1.04 bits per heavy atom. The molecule has 0 amide bonds. The number of carbonyl (C=O) groups excluding carboxylic acids is 1. The molecule has 7 heteroatoms. The Morgan fingerprint density at radius 2 is 1.71 bits per heavy atom. The number of ether oxygens (including phenoxy) is 2. The molecule has 0 aromatic heterocycles. The van der Waals surface area contributed by atoms with Gasteiger partial charge in [-0.2, -0.15) is 4.72 Å². The van der Waals surface area contributed by atoms with Crippen molar-refractivity contribution < 1.29 is 22.7 Å². The zero-order valence-electron chi connectivity index (χ0n) is 13.7. The van der Waals surface area contributed by atoms with Crippen molar-refractivity contribution in [3.05, 3.63) is 53.6 Å². The lowest BCUT2D eigenvalue weighted by atomic mass is 10.1. The van der Waals surface area contributed by atoms with Gasteiger partial charge in [0, 0.05) is 0 Å². The monoisotopic (exact) mass is 349 g/mol. The Labute approximate surface area is 141 Å². The molecule has 1 N–H and O–H groups in total. The third-order valence-corrected chi connectivity index (χ3v) is 4.89. The summed E-state index contributed by atoms with van der Waals surface area (Å²) >= 11 is 0. The van der Waals surface area contributed by atoms with Crippen LogP contribution in [0.4, 0.5) is 0 Å². The van der Waals surface area contributed by atoms with E-state index in [0.29, 0.717) is 5.75 Å². The highest BCUT2D eigenvalue weighted by Crippen LogP contribution is 2.25. The molecule has 2 aromatic rings. The van der Waals surface area contributed by atoms with Crippen LogP contribution in [0.15, 0.2) is 47.4 Å². The minimum absolute atomic E-state index is 0.107. The topological polar surface area (TPSA) is 81.7 Å². The first-order chi connectivity index (χ1) is 11.3. The summed E-state index contributed by atoms with van der Waals surface area (Å²) in [5.74, 6) is -0.106. The Hall–Kier alpha value is -2.38. The van der Waals surface area contributed by atoms with E-state index in [1.807, 2.05) is 13.8 Å². The van der Waals surface area contributed by atoms with Crippen LogP contribution in [-0.4, -0.2) is 28.0 Å². The first-order valence-corrected chi connectivity index (χ1v) is 8.72. The molecule has 128 valence electrons. The van der Waals surface area contributed by atoms with Crippen LogP contribution >= 0.6 is 0 Å². The van der Waals surface area contributed by atoms with E-state index < -0.39 is 22.5 Å². The van der Waals surface area contributed by atoms with Gasteiger partial charge in [0.2, 0.25) is 10.0 Å². The lowest BCUT2D eigenvalue weighted by molar-refractivity contribution is -0.133. The number of benzene rings is 2. The molecule has 0 aliphatic carbocycles. The average Bonchev–Trinajstić information content (AvgIpc) is 2.56. The number of hydrogen-bond donors (Lipinski definition) is 1. The second-order valence-corrected chi connectivity index (χ2v) is 6.96. The largest absolute Gasteiger partial charge is 0.493 e. The third-order valence-electron chi connectivity index (χ3n) is 3.49. The van der Waals surface area contributed by atoms with Gasteiger partial charge in [0.15, 0.2) is 11.5 Å². The van der Waals surface area contributed by atoms with Crippen molar-refractivity contribution in [1.82, 2.24) is 4.72 Å². The first-order valence-electron chi connectivity index (χ1n) is 7.24. The van der Waals surface area contributed by atoms with Crippen molar-refractivity contribution in [3.63, 3.8) is 0 Å². The minimum atomic E-state index is -3.78. The normalized spacial score (nSPS) is 11.1. The number of aryl methyl sites for hydroxylation is 2. The smallest absolute Gasteiger partial charge is 0.326 e. The molecule has 0 unspecified atom stereocenters. The predicted octanol–water partition coefficient (Wildman–Crippen LogP) is 2.20. The van der Waals surface area contributed by atoms with Crippen molar-refractivity contribution in [2.24, 2.45) is 0 Å². The second-order valence-electron chi connectivity index (χ2n) is 5.20. The summed E-state index contributed by atoms with van der Waals surface area (Å²) < 4.78 is 36.9. The third kappa shape index (κ3) is 4.33. The lowest BCUT2D eigenvalue weighted by Crippen LogP contribution is -2.32. The molecule has 6 nitrogen and oxygen atoms in total. The van der Waals surface area contributed by atoms with Crippen molar-refractivity contribution >= 4 is 16.0 Å². The maximum absolute atomic E-state index is 12.2. The molecule has 0 aliphatic rings. The van der Waals surface area contributed by atoms with Gasteiger partial charge in [-0.05, 0) is 49.2 Å². The highest BCUT2D eigenvalue weighted by Gasteiger charge is 2.17. The fourth-order valence-electron chi connectivity index (χ4n) is 1.98. The molecule has 0 aliphatic heterocycles. The number of carbonyl (C=O) groups is 1. The van der Waals surface area contributed by atoms with Crippen LogP contribution in [0, 0.1) is 13.8 Å². The average molecular weight is 349 g/mol. The maximum Gasteiger partial charge on any atom is 0.326 e. The van der Waals surface area contributed by atoms with E-state index in [0.717, 1.165) is 11.1 Å². The number of methoxy groups -OCH3 is 1. The standard InChI is InChI=1S/C17H19NO5S/c1-12-8-9-14(10-13(12)2)24(20,21)18-11-17(19)23-16-7-5-4-6-15(16)22-3/h4-10,18H,11H2,1-3H3. The van der Waals surface area contributed by atoms with E-state index >= 15 is 0 Å². The van der Waals surface area contributed by atoms with Gasteiger partial charge in [-0.1, -0.05) is 18.2 Å². The Bertz CT molecular complexity index is 846. The van der Waals surface area contributed by atoms with E-state index in [1.54, 1.807) is 36.4 Å². The second kappa shape index (κ2) is 7.46. The number of rotatable bonds is 6. The lowest BCUT2D eigenvalue weighted by Gasteiger charge is -2.10. The molecule has 0 fully saturated rings. The van der Waals surface area contributed by atoms with Gasteiger partial charge >= 0.3 is 5.97 Å². The summed E-state index contributed by atoms with van der Waals surface area (Å²) in [6.07, 6.45) is 0. The minimum Gasteiger partial charge on any atom is -0.493 e. The molecule has 2 aromatic carbocycles. The van der Waals surface area contributed by atoms with Crippen molar-refractivity contribution in [3.8, 4) is 11.5 Å². The first kappa shape index (κ1) is 18.0. The van der Waals surface area contributed by atoms with Crippen LogP contribution in [0.3, 0.4) is 0 Å². The molecule has 24 heavy (non-hydrogen) atoms. The van der Waals surface area contributed by atoms with Gasteiger partial charge in [0.25, 0.3) is 0 Å². The zero-order chi connectivity index (χ0) is 17.7. The summed E-state index contributed by atoms with van der Waals surface area (Å²) in [5.41, 5.74) is 1.85. The van der Waals surface area contributed by atoms with Gasteiger partial charge in [-0.15, -0.1) is 0 Å². The van der Waals surface area contributed by atoms with Crippen LogP contribution < -0.4 is 14.2 Å². The molecule has 2 rings (SSSR count). The highest BCUT2D eigenvalue weighted by atomic mass is 32.2. The Kier molecular flexibility index (Phi) is 5.58. The molecule has 0 spiro atoms. The van der Waals surface area contributed by atoms with E-state index in [4.69, 9.17) is 9.47 Å². The van der Waals surface area contributed by atoms with Gasteiger partial charge in [-0.3, -0.25) is 4.79 Å². The summed E-state index contributed by atoms with van der Waals surface area (Å²) in [7, 11) is -2.33. The Morgan fingerprint density at radius 3 is 2.33 bits per heavy atom. The fraction of sp³-hybridized carbons (Fsp3) is 0.235. The van der Waals surface area contributed by atoms with Crippen molar-refractivity contribution in [2.45, 2.75) is 18.7 Å². The van der Waals surface area contributed by atoms with Gasteiger partial charge in [0.05, 0.1) is 12.0 Å². The maximum atomic E-state index is 12.2. The van der Waals surface area contributed by atoms with Crippen LogP contribution in [0.1, 0.15) is 11.1 Å². The van der Waals surface area contributed by atoms with Gasteiger partial charge < -0.3 is 9.47 Å². The molecule has 0 bridgehead atoms. The SMILES string of the molecule is COc1ccccc1OC(=O)CNS(=O)(=O)c1ccc(C)c(C)c1. The predicted molar refractivity (Wildman–Crippen MR) is 89.7 cm³/mol. The number of hydrogen-bond acceptors (Lipinski definition) is 5. The highest BCUT2D eigenvalue weighted by molar-refractivity contribution is 7.89. The van der Waals surface area contributed by atoms with Crippen molar-refractivity contribution in [1.29, 1.82) is 0 Å². The molecular formula is C17H19NO5S. The Balaban J connectivity index is 2.03. The van der Waals surface area contributed by atoms with Crippen LogP contribution in [0.5, 0.6) is 11.5 Å². The molecule has 0 heterocycles. The summed E-state index contributed by atoms with van der Waals surface area (Å²) in [4.78, 5) is 12.0. The summed E-state index contributed by atoms with van der Waals surface area (Å²) in [6, 6.07) is 11.4. The zero-order valence-corrected chi connectivity index (χ0v) is 14.5. The molecule has 0 saturated carbocycles.